The molecule has 0 radical (unpaired) electrons. The number of cyclic esters (lactones) is 1. The van der Waals surface area contributed by atoms with Crippen LogP contribution in [0.1, 0.15) is 19.3 Å². The molecule has 198 valence electrons. The summed E-state index contributed by atoms with van der Waals surface area (Å²) >= 11 is 5.93. The highest BCUT2D eigenvalue weighted by atomic mass is 35.5. The second-order valence-corrected chi connectivity index (χ2v) is 9.81. The molecule has 1 aromatic heterocycles. The number of hydrogen-bond donors (Lipinski definition) is 2. The molecule has 1 aliphatic carbocycles. The van der Waals surface area contributed by atoms with Crippen molar-refractivity contribution >= 4 is 51.6 Å². The molecule has 0 spiro atoms. The maximum atomic E-state index is 13.6. The molecule has 0 bridgehead atoms. The van der Waals surface area contributed by atoms with Gasteiger partial charge in [0.2, 0.25) is 5.91 Å². The minimum absolute atomic E-state index is 0.0145. The minimum atomic E-state index is -0.519. The fourth-order valence-electron chi connectivity index (χ4n) is 4.12. The number of likely N-dealkylation sites (N-methyl/N-ethyl adjacent to an activating group) is 1. The molecular formula is C27H27ClFN5O4. The van der Waals surface area contributed by atoms with Crippen molar-refractivity contribution in [3.05, 3.63) is 59.7 Å². The maximum Gasteiger partial charge on any atom is 0.323 e. The predicted molar refractivity (Wildman–Crippen MR) is 142 cm³/mol. The number of amides is 1. The Bertz CT molecular complexity index is 1400. The monoisotopic (exact) mass is 539 g/mol. The zero-order valence-electron chi connectivity index (χ0n) is 20.7. The maximum absolute atomic E-state index is 13.6. The normalized spacial score (nSPS) is 17.3. The number of carbonyl (C=O) groups excluding carboxylic acids is 2. The van der Waals surface area contributed by atoms with Gasteiger partial charge in [-0.1, -0.05) is 17.7 Å². The molecule has 1 saturated heterocycles. The Balaban J connectivity index is 1.36. The molecule has 9 nitrogen and oxygen atoms in total. The summed E-state index contributed by atoms with van der Waals surface area (Å²) in [4.78, 5) is 35.1. The SMILES string of the molecule is CN(C/C=C/C(=O)Nc1cc2c(Nc3ccc(F)c(Cl)c3)ncnc2cc1OCC1CC1)C1CCOC1=O. The van der Waals surface area contributed by atoms with Gasteiger partial charge in [0.05, 0.1) is 29.4 Å². The van der Waals surface area contributed by atoms with Crippen molar-refractivity contribution in [3.8, 4) is 5.75 Å². The molecule has 2 N–H and O–H groups in total. The number of fused-ring (bicyclic) bond motifs is 1. The van der Waals surface area contributed by atoms with Crippen LogP contribution in [-0.4, -0.2) is 59.6 Å². The van der Waals surface area contributed by atoms with Crippen molar-refractivity contribution in [1.29, 1.82) is 0 Å². The van der Waals surface area contributed by atoms with E-state index >= 15 is 0 Å². The summed E-state index contributed by atoms with van der Waals surface area (Å²) in [7, 11) is 1.81. The fraction of sp³-hybridized carbons (Fsp3) is 0.333. The van der Waals surface area contributed by atoms with Crippen molar-refractivity contribution in [2.24, 2.45) is 5.92 Å². The van der Waals surface area contributed by atoms with E-state index in [-0.39, 0.29) is 22.9 Å². The molecule has 1 amide bonds. The Hall–Kier alpha value is -3.76. The first-order valence-electron chi connectivity index (χ1n) is 12.4. The Morgan fingerprint density at radius 3 is 2.84 bits per heavy atom. The number of rotatable bonds is 10. The molecule has 2 heterocycles. The molecule has 1 unspecified atom stereocenters. The standard InChI is InChI=1S/C27H27ClFN5O4/c1-34(23-8-10-37-27(23)36)9-2-3-25(35)33-22-12-18-21(13-24(22)38-14-16-4-5-16)30-15-31-26(18)32-17-6-7-20(29)19(28)11-17/h2-3,6-7,11-13,15-16,23H,4-5,8-10,14H2,1H3,(H,33,35)(H,30,31,32)/b3-2+. The second kappa shape index (κ2) is 11.3. The smallest absolute Gasteiger partial charge is 0.323 e. The summed E-state index contributed by atoms with van der Waals surface area (Å²) in [6, 6.07) is 7.50. The molecule has 5 rings (SSSR count). The van der Waals surface area contributed by atoms with E-state index in [9.17, 15) is 14.0 Å². The average molecular weight is 540 g/mol. The number of nitrogens with one attached hydrogen (secondary N) is 2. The summed E-state index contributed by atoms with van der Waals surface area (Å²) in [6.07, 6.45) is 7.41. The predicted octanol–water partition coefficient (Wildman–Crippen LogP) is 4.70. The van der Waals surface area contributed by atoms with Crippen LogP contribution in [0.4, 0.5) is 21.6 Å². The van der Waals surface area contributed by atoms with E-state index in [2.05, 4.69) is 20.6 Å². The van der Waals surface area contributed by atoms with E-state index in [1.54, 1.807) is 24.3 Å². The molecule has 1 aliphatic heterocycles. The number of nitrogens with zero attached hydrogens (tertiary/aromatic N) is 3. The van der Waals surface area contributed by atoms with Gasteiger partial charge in [-0.2, -0.15) is 0 Å². The van der Waals surface area contributed by atoms with Crippen LogP contribution >= 0.6 is 11.6 Å². The van der Waals surface area contributed by atoms with Crippen LogP contribution in [0.15, 0.2) is 48.8 Å². The topological polar surface area (TPSA) is 106 Å². The first kappa shape index (κ1) is 25.9. The molecule has 38 heavy (non-hydrogen) atoms. The molecular weight excluding hydrogens is 513 g/mol. The molecule has 1 saturated carbocycles. The van der Waals surface area contributed by atoms with E-state index in [1.807, 2.05) is 11.9 Å². The third-order valence-electron chi connectivity index (χ3n) is 6.45. The Labute approximate surface area is 224 Å². The number of halogens is 2. The molecule has 1 atom stereocenters. The first-order valence-corrected chi connectivity index (χ1v) is 12.7. The summed E-state index contributed by atoms with van der Waals surface area (Å²) in [5, 5.41) is 6.65. The van der Waals surface area contributed by atoms with Gasteiger partial charge >= 0.3 is 5.97 Å². The van der Waals surface area contributed by atoms with Crippen molar-refractivity contribution in [2.45, 2.75) is 25.3 Å². The van der Waals surface area contributed by atoms with Crippen LogP contribution in [0, 0.1) is 11.7 Å². The lowest BCUT2D eigenvalue weighted by Gasteiger charge is -2.18. The summed E-state index contributed by atoms with van der Waals surface area (Å²) in [5.41, 5.74) is 1.63. The van der Waals surface area contributed by atoms with E-state index in [0.717, 1.165) is 12.8 Å². The summed E-state index contributed by atoms with van der Waals surface area (Å²) < 4.78 is 24.7. The van der Waals surface area contributed by atoms with Gasteiger partial charge in [-0.05, 0) is 50.1 Å². The van der Waals surface area contributed by atoms with Crippen LogP contribution < -0.4 is 15.4 Å². The van der Waals surface area contributed by atoms with Gasteiger partial charge in [0.1, 0.15) is 29.8 Å². The summed E-state index contributed by atoms with van der Waals surface area (Å²) in [6.45, 7) is 1.38. The lowest BCUT2D eigenvalue weighted by molar-refractivity contribution is -0.141. The van der Waals surface area contributed by atoms with Crippen molar-refractivity contribution in [3.63, 3.8) is 0 Å². The van der Waals surface area contributed by atoms with Gasteiger partial charge in [0.25, 0.3) is 0 Å². The van der Waals surface area contributed by atoms with Crippen LogP contribution in [0.2, 0.25) is 5.02 Å². The Morgan fingerprint density at radius 2 is 2.11 bits per heavy atom. The largest absolute Gasteiger partial charge is 0.491 e. The highest BCUT2D eigenvalue weighted by molar-refractivity contribution is 6.31. The highest BCUT2D eigenvalue weighted by Gasteiger charge is 2.29. The third-order valence-corrected chi connectivity index (χ3v) is 6.74. The van der Waals surface area contributed by atoms with Crippen LogP contribution in [-0.2, 0) is 14.3 Å². The van der Waals surface area contributed by atoms with Crippen LogP contribution in [0.25, 0.3) is 10.9 Å². The highest BCUT2D eigenvalue weighted by Crippen LogP contribution is 2.36. The number of carbonyl (C=O) groups is 2. The zero-order valence-corrected chi connectivity index (χ0v) is 21.5. The molecule has 2 aliphatic rings. The quantitative estimate of drug-likeness (QED) is 0.282. The van der Waals surface area contributed by atoms with Gasteiger partial charge in [0.15, 0.2) is 0 Å². The molecule has 2 aromatic carbocycles. The number of anilines is 3. The van der Waals surface area contributed by atoms with Crippen LogP contribution in [0.3, 0.4) is 0 Å². The van der Waals surface area contributed by atoms with Crippen molar-refractivity contribution in [2.75, 3.05) is 37.4 Å². The Morgan fingerprint density at radius 1 is 1.26 bits per heavy atom. The average Bonchev–Trinajstić information content (AvgIpc) is 3.63. The number of hydrogen-bond acceptors (Lipinski definition) is 8. The molecule has 2 fully saturated rings. The van der Waals surface area contributed by atoms with Crippen LogP contribution in [0.5, 0.6) is 5.75 Å². The van der Waals surface area contributed by atoms with Gasteiger partial charge < -0.3 is 20.1 Å². The van der Waals surface area contributed by atoms with Crippen molar-refractivity contribution < 1.29 is 23.5 Å². The number of aromatic nitrogens is 2. The second-order valence-electron chi connectivity index (χ2n) is 9.40. The van der Waals surface area contributed by atoms with E-state index in [0.29, 0.717) is 65.9 Å². The van der Waals surface area contributed by atoms with Gasteiger partial charge in [0, 0.05) is 36.2 Å². The minimum Gasteiger partial charge on any atom is -0.491 e. The molecule has 3 aromatic rings. The number of esters is 1. The Kier molecular flexibility index (Phi) is 7.71. The summed E-state index contributed by atoms with van der Waals surface area (Å²) in [5.74, 6) is 0.370. The number of ether oxygens (including phenoxy) is 2. The lowest BCUT2D eigenvalue weighted by Crippen LogP contribution is -2.35. The third kappa shape index (κ3) is 6.20. The fourth-order valence-corrected chi connectivity index (χ4v) is 4.30. The number of benzene rings is 2. The zero-order chi connectivity index (χ0) is 26.6. The molecule has 11 heteroatoms. The first-order chi connectivity index (χ1) is 18.4. The van der Waals surface area contributed by atoms with Gasteiger partial charge in [-0.15, -0.1) is 0 Å². The van der Waals surface area contributed by atoms with Crippen molar-refractivity contribution in [1.82, 2.24) is 14.9 Å². The van der Waals surface area contributed by atoms with E-state index in [4.69, 9.17) is 21.1 Å². The van der Waals surface area contributed by atoms with Gasteiger partial charge in [-0.25, -0.2) is 14.4 Å². The van der Waals surface area contributed by atoms with Gasteiger partial charge in [-0.3, -0.25) is 14.5 Å². The van der Waals surface area contributed by atoms with E-state index in [1.165, 1.54) is 24.5 Å². The lowest BCUT2D eigenvalue weighted by atomic mass is 10.1. The van der Waals surface area contributed by atoms with E-state index < -0.39 is 5.82 Å².